The highest BCUT2D eigenvalue weighted by molar-refractivity contribution is 5.83. The normalized spacial score (nSPS) is 41.9. The lowest BCUT2D eigenvalue weighted by Gasteiger charge is -2.50. The number of nitrogens with one attached hydrogen (secondary N) is 1. The summed E-state index contributed by atoms with van der Waals surface area (Å²) in [5.74, 6) is -4.74. The maximum Gasteiger partial charge on any atom is 0.311 e. The molecule has 15 heteroatoms. The van der Waals surface area contributed by atoms with E-state index in [0.717, 1.165) is 5.56 Å². The zero-order valence-electron chi connectivity index (χ0n) is 41.3. The van der Waals surface area contributed by atoms with Gasteiger partial charge in [0, 0.05) is 63.8 Å². The number of carbonyl (C=O) groups is 3. The molecule has 3 N–H and O–H groups in total. The zero-order valence-corrected chi connectivity index (χ0v) is 41.3. The Bertz CT molecular complexity index is 1650. The number of aliphatic hydroxyl groups excluding tert-OH is 1. The van der Waals surface area contributed by atoms with Crippen molar-refractivity contribution in [2.24, 2.45) is 29.6 Å². The SMILES string of the molecule is CC[C@H]1OC(=O)[C@H](C)[C@@H](OC2C[C@@](C)(OC)[C@@H](OC(C)=O)[C@H](C)O2)[C@@H](C)[C@@H](O[C@@H]2O[C@H](C)C[C@H](N(C)C)[C@H]2O)[C@](C)(OC)C[C@@H](C)C(=O)C(C)[C@H](CCNCc2ccccc2)[C@]1(C)O. The lowest BCUT2D eigenvalue weighted by atomic mass is 9.69. The number of rotatable bonds is 14. The van der Waals surface area contributed by atoms with Crippen molar-refractivity contribution in [1.82, 2.24) is 10.2 Å². The van der Waals surface area contributed by atoms with Gasteiger partial charge < -0.3 is 58.3 Å². The summed E-state index contributed by atoms with van der Waals surface area (Å²) in [7, 11) is 6.90. The first kappa shape index (κ1) is 54.0. The van der Waals surface area contributed by atoms with Crippen molar-refractivity contribution in [3.05, 3.63) is 35.9 Å². The van der Waals surface area contributed by atoms with Gasteiger partial charge in [-0.15, -0.1) is 0 Å². The predicted molar refractivity (Wildman–Crippen MR) is 241 cm³/mol. The molecule has 3 fully saturated rings. The van der Waals surface area contributed by atoms with Gasteiger partial charge in [-0.2, -0.15) is 0 Å². The minimum absolute atomic E-state index is 0.0801. The Morgan fingerprint density at radius 1 is 0.906 bits per heavy atom. The molecule has 0 aromatic heterocycles. The van der Waals surface area contributed by atoms with Crippen LogP contribution in [-0.4, -0.2) is 146 Å². The topological polar surface area (TPSA) is 181 Å². The van der Waals surface area contributed by atoms with Crippen LogP contribution >= 0.6 is 0 Å². The summed E-state index contributed by atoms with van der Waals surface area (Å²) in [6.45, 7) is 20.7. The van der Waals surface area contributed by atoms with Gasteiger partial charge in [0.05, 0.1) is 35.9 Å². The van der Waals surface area contributed by atoms with Gasteiger partial charge in [-0.3, -0.25) is 14.4 Å². The van der Waals surface area contributed by atoms with Crippen LogP contribution in [-0.2, 0) is 58.8 Å². The highest BCUT2D eigenvalue weighted by Gasteiger charge is 2.55. The van der Waals surface area contributed by atoms with Gasteiger partial charge in [0.25, 0.3) is 0 Å². The number of methoxy groups -OCH3 is 2. The molecule has 3 aliphatic rings. The summed E-state index contributed by atoms with van der Waals surface area (Å²) in [6.07, 6.45) is -6.16. The Balaban J connectivity index is 1.83. The number of benzene rings is 1. The van der Waals surface area contributed by atoms with E-state index in [1.165, 1.54) is 14.0 Å². The molecule has 1 aromatic rings. The van der Waals surface area contributed by atoms with Crippen LogP contribution in [0.1, 0.15) is 114 Å². The van der Waals surface area contributed by atoms with Gasteiger partial charge >= 0.3 is 11.9 Å². The number of cyclic esters (lactones) is 1. The maximum absolute atomic E-state index is 14.8. The summed E-state index contributed by atoms with van der Waals surface area (Å²) in [4.78, 5) is 43.7. The van der Waals surface area contributed by atoms with Gasteiger partial charge in [-0.1, -0.05) is 58.0 Å². The molecule has 366 valence electrons. The number of esters is 2. The van der Waals surface area contributed by atoms with Crippen LogP contribution in [0.5, 0.6) is 0 Å². The van der Waals surface area contributed by atoms with E-state index in [1.54, 1.807) is 27.9 Å². The summed E-state index contributed by atoms with van der Waals surface area (Å²) in [6, 6.07) is 9.71. The van der Waals surface area contributed by atoms with Crippen LogP contribution in [0.2, 0.25) is 0 Å². The van der Waals surface area contributed by atoms with Crippen molar-refractivity contribution in [3.63, 3.8) is 0 Å². The second kappa shape index (κ2) is 23.0. The van der Waals surface area contributed by atoms with Gasteiger partial charge in [-0.05, 0) is 93.4 Å². The number of aliphatic hydroxyl groups is 2. The van der Waals surface area contributed by atoms with Crippen LogP contribution in [0.15, 0.2) is 30.3 Å². The summed E-state index contributed by atoms with van der Waals surface area (Å²) < 4.78 is 51.2. The van der Waals surface area contributed by atoms with E-state index in [0.29, 0.717) is 25.9 Å². The number of ketones is 1. The molecule has 1 aromatic carbocycles. The summed E-state index contributed by atoms with van der Waals surface area (Å²) in [5, 5.41) is 27.9. The molecule has 2 unspecified atom stereocenters. The van der Waals surface area contributed by atoms with Crippen LogP contribution < -0.4 is 5.32 Å². The first-order valence-electron chi connectivity index (χ1n) is 23.4. The third-order valence-corrected chi connectivity index (χ3v) is 14.6. The second-order valence-corrected chi connectivity index (χ2v) is 19.8. The molecule has 15 nitrogen and oxygen atoms in total. The number of nitrogens with zero attached hydrogens (tertiary/aromatic N) is 1. The lowest BCUT2D eigenvalue weighted by molar-refractivity contribution is -0.320. The number of hydrogen-bond donors (Lipinski definition) is 3. The summed E-state index contributed by atoms with van der Waals surface area (Å²) >= 11 is 0. The second-order valence-electron chi connectivity index (χ2n) is 19.8. The molecule has 4 rings (SSSR count). The van der Waals surface area contributed by atoms with E-state index >= 15 is 0 Å². The Morgan fingerprint density at radius 2 is 1.53 bits per heavy atom. The van der Waals surface area contributed by atoms with Crippen LogP contribution in [0, 0.1) is 29.6 Å². The van der Waals surface area contributed by atoms with Gasteiger partial charge in [-0.25, -0.2) is 0 Å². The third kappa shape index (κ3) is 12.7. The molecule has 0 radical (unpaired) electrons. The maximum atomic E-state index is 14.8. The number of likely N-dealkylation sites (N-methyl/N-ethyl adjacent to an activating group) is 1. The standard InChI is InChI=1S/C49H82N2O13/c1-16-38-49(11,56)36(22-23-50-27-35-20-18-17-19-21-35)30(4)40(53)28(2)25-47(9,57-14)43(64-46-41(54)37(51(12)13)24-29(3)59-46)31(5)42(32(6)45(55)62-38)63-39-26-48(10,58-15)44(33(7)60-39)61-34(8)52/h17-21,28-33,36-39,41-44,46,50,54,56H,16,22-27H2,1-15H3/t28-,29-,30?,31-,32-,33+,36+,37+,38-,39?,41-,42+,43-,44+,46+,47-,48-,49+/m1/s1. The Kier molecular flexibility index (Phi) is 19.4. The van der Waals surface area contributed by atoms with E-state index in [1.807, 2.05) is 97.8 Å². The van der Waals surface area contributed by atoms with Crippen molar-refractivity contribution < 1.29 is 62.5 Å². The summed E-state index contributed by atoms with van der Waals surface area (Å²) in [5.41, 5.74) is -2.77. The number of hydrogen-bond acceptors (Lipinski definition) is 15. The number of ether oxygens (including phenoxy) is 8. The molecule has 0 amide bonds. The molecule has 0 aliphatic carbocycles. The van der Waals surface area contributed by atoms with E-state index < -0.39 is 108 Å². The first-order valence-corrected chi connectivity index (χ1v) is 23.4. The van der Waals surface area contributed by atoms with Gasteiger partial charge in [0.1, 0.15) is 29.2 Å². The molecular formula is C49H82N2O13. The van der Waals surface area contributed by atoms with Crippen LogP contribution in [0.4, 0.5) is 0 Å². The molecule has 0 saturated carbocycles. The van der Waals surface area contributed by atoms with Crippen molar-refractivity contribution in [3.8, 4) is 0 Å². The molecule has 3 saturated heterocycles. The monoisotopic (exact) mass is 907 g/mol. The van der Waals surface area contributed by atoms with E-state index in [9.17, 15) is 24.6 Å². The lowest BCUT2D eigenvalue weighted by Crippen LogP contribution is -2.61. The molecule has 64 heavy (non-hydrogen) atoms. The largest absolute Gasteiger partial charge is 0.459 e. The molecular weight excluding hydrogens is 825 g/mol. The Morgan fingerprint density at radius 3 is 2.11 bits per heavy atom. The fourth-order valence-electron chi connectivity index (χ4n) is 10.7. The highest BCUT2D eigenvalue weighted by Crippen LogP contribution is 2.43. The molecule has 0 spiro atoms. The van der Waals surface area contributed by atoms with Crippen LogP contribution in [0.3, 0.4) is 0 Å². The van der Waals surface area contributed by atoms with E-state index in [-0.39, 0.29) is 37.2 Å². The molecule has 18 atom stereocenters. The average molecular weight is 907 g/mol. The predicted octanol–water partition coefficient (Wildman–Crippen LogP) is 5.45. The quantitative estimate of drug-likeness (QED) is 0.158. The molecule has 3 heterocycles. The van der Waals surface area contributed by atoms with Crippen molar-refractivity contribution in [2.45, 2.75) is 193 Å². The van der Waals surface area contributed by atoms with Crippen LogP contribution in [0.25, 0.3) is 0 Å². The number of Topliss-reactive ketones (excluding diaryl/α,β-unsaturated/α-hetero) is 1. The Hall–Kier alpha value is -2.57. The minimum atomic E-state index is -1.61. The zero-order chi connectivity index (χ0) is 47.9. The van der Waals surface area contributed by atoms with Gasteiger partial charge in [0.2, 0.25) is 0 Å². The van der Waals surface area contributed by atoms with Gasteiger partial charge in [0.15, 0.2) is 18.7 Å². The van der Waals surface area contributed by atoms with Crippen molar-refractivity contribution >= 4 is 17.7 Å². The average Bonchev–Trinajstić information content (AvgIpc) is 3.24. The third-order valence-electron chi connectivity index (χ3n) is 14.6. The fraction of sp³-hybridized carbons (Fsp3) is 0.816. The van der Waals surface area contributed by atoms with Crippen molar-refractivity contribution in [1.29, 1.82) is 0 Å². The minimum Gasteiger partial charge on any atom is -0.459 e. The smallest absolute Gasteiger partial charge is 0.311 e. The Labute approximate surface area is 382 Å². The molecule has 0 bridgehead atoms. The number of carbonyl (C=O) groups excluding carboxylic acids is 3. The first-order chi connectivity index (χ1) is 29.9. The van der Waals surface area contributed by atoms with Crippen molar-refractivity contribution in [2.75, 3.05) is 34.9 Å². The van der Waals surface area contributed by atoms with E-state index in [4.69, 9.17) is 37.9 Å². The fourth-order valence-corrected chi connectivity index (χ4v) is 10.7. The highest BCUT2D eigenvalue weighted by atomic mass is 16.7. The van der Waals surface area contributed by atoms with E-state index in [2.05, 4.69) is 5.32 Å². The molecule has 3 aliphatic heterocycles.